The molecule has 0 radical (unpaired) electrons. The smallest absolute Gasteiger partial charge is 0.335 e. The Labute approximate surface area is 141 Å². The van der Waals surface area contributed by atoms with E-state index < -0.39 is 5.97 Å². The Morgan fingerprint density at radius 3 is 2.88 bits per heavy atom. The van der Waals surface area contributed by atoms with E-state index in [1.165, 1.54) is 17.0 Å². The molecule has 5 nitrogen and oxygen atoms in total. The van der Waals surface area contributed by atoms with Crippen molar-refractivity contribution in [2.24, 2.45) is 0 Å². The van der Waals surface area contributed by atoms with Crippen molar-refractivity contribution in [3.05, 3.63) is 61.8 Å². The van der Waals surface area contributed by atoms with Crippen LogP contribution in [0.1, 0.15) is 32.4 Å². The number of thiophene rings is 1. The van der Waals surface area contributed by atoms with E-state index in [4.69, 9.17) is 5.11 Å². The van der Waals surface area contributed by atoms with Gasteiger partial charge in [-0.2, -0.15) is 0 Å². The molecular formula is C18H14N2O3S. The molecular weight excluding hydrogens is 324 g/mol. The minimum Gasteiger partial charge on any atom is -0.478 e. The van der Waals surface area contributed by atoms with E-state index >= 15 is 0 Å². The van der Waals surface area contributed by atoms with Gasteiger partial charge in [-0.25, -0.2) is 9.78 Å². The first-order valence-electron chi connectivity index (χ1n) is 7.58. The molecule has 2 aromatic heterocycles. The van der Waals surface area contributed by atoms with Crippen molar-refractivity contribution in [2.75, 3.05) is 0 Å². The second-order valence-corrected chi connectivity index (χ2v) is 7.12. The lowest BCUT2D eigenvalue weighted by molar-refractivity contribution is 0.0697. The summed E-state index contributed by atoms with van der Waals surface area (Å²) in [5.41, 5.74) is 1.47. The minimum atomic E-state index is -1.02. The molecule has 0 spiro atoms. The molecule has 3 aromatic rings. The van der Waals surface area contributed by atoms with Crippen LogP contribution in [0.5, 0.6) is 0 Å². The standard InChI is InChI=1S/C18H14N2O3S/c1-10-2-4-13(24-10)8-11-6-7-20-16(11)19-15-9-12(18(22)23)3-5-14(15)17(20)21/h2-5,8-9H,6-7H2,1H3,(H,22,23)/b11-8+. The molecule has 1 aromatic carbocycles. The van der Waals surface area contributed by atoms with Crippen molar-refractivity contribution in [3.63, 3.8) is 0 Å². The predicted molar refractivity (Wildman–Crippen MR) is 94.5 cm³/mol. The van der Waals surface area contributed by atoms with Crippen molar-refractivity contribution in [1.82, 2.24) is 9.55 Å². The Kier molecular flexibility index (Phi) is 3.35. The summed E-state index contributed by atoms with van der Waals surface area (Å²) in [6.07, 6.45) is 2.82. The first-order chi connectivity index (χ1) is 11.5. The monoisotopic (exact) mass is 338 g/mol. The average molecular weight is 338 g/mol. The summed E-state index contributed by atoms with van der Waals surface area (Å²) in [7, 11) is 0. The van der Waals surface area contributed by atoms with Gasteiger partial charge in [-0.15, -0.1) is 11.3 Å². The molecule has 3 heterocycles. The predicted octanol–water partition coefficient (Wildman–Crippen LogP) is 3.41. The quantitative estimate of drug-likeness (QED) is 0.777. The van der Waals surface area contributed by atoms with E-state index in [9.17, 15) is 9.59 Å². The van der Waals surface area contributed by atoms with Crippen LogP contribution in [-0.2, 0) is 6.54 Å². The van der Waals surface area contributed by atoms with E-state index in [0.29, 0.717) is 23.3 Å². The number of allylic oxidation sites excluding steroid dienone is 1. The number of aryl methyl sites for hydroxylation is 1. The maximum absolute atomic E-state index is 12.7. The van der Waals surface area contributed by atoms with Gasteiger partial charge in [0.15, 0.2) is 0 Å². The Morgan fingerprint density at radius 1 is 1.33 bits per heavy atom. The average Bonchev–Trinajstić information content (AvgIpc) is 3.14. The van der Waals surface area contributed by atoms with Crippen LogP contribution < -0.4 is 5.56 Å². The topological polar surface area (TPSA) is 72.2 Å². The third-order valence-corrected chi connectivity index (χ3v) is 5.12. The van der Waals surface area contributed by atoms with Gasteiger partial charge in [0.05, 0.1) is 16.5 Å². The molecule has 0 atom stereocenters. The minimum absolute atomic E-state index is 0.113. The van der Waals surface area contributed by atoms with Crippen LogP contribution >= 0.6 is 11.3 Å². The number of aromatic nitrogens is 2. The molecule has 1 aliphatic heterocycles. The number of carboxylic acid groups (broad SMARTS) is 1. The number of carboxylic acids is 1. The number of carbonyl (C=O) groups is 1. The van der Waals surface area contributed by atoms with Gasteiger partial charge < -0.3 is 5.11 Å². The second-order valence-electron chi connectivity index (χ2n) is 5.80. The third-order valence-electron chi connectivity index (χ3n) is 4.17. The maximum Gasteiger partial charge on any atom is 0.335 e. The number of aromatic carboxylic acids is 1. The highest BCUT2D eigenvalue weighted by molar-refractivity contribution is 7.12. The highest BCUT2D eigenvalue weighted by Gasteiger charge is 2.21. The summed E-state index contributed by atoms with van der Waals surface area (Å²) in [6, 6.07) is 8.57. The van der Waals surface area contributed by atoms with Gasteiger partial charge in [-0.1, -0.05) is 0 Å². The number of rotatable bonds is 2. The molecule has 0 saturated carbocycles. The summed E-state index contributed by atoms with van der Waals surface area (Å²) < 4.78 is 1.68. The zero-order valence-corrected chi connectivity index (χ0v) is 13.8. The van der Waals surface area contributed by atoms with Gasteiger partial charge in [0.2, 0.25) is 0 Å². The molecule has 1 N–H and O–H groups in total. The van der Waals surface area contributed by atoms with Gasteiger partial charge in [0.1, 0.15) is 5.82 Å². The Hall–Kier alpha value is -2.73. The molecule has 0 amide bonds. The molecule has 120 valence electrons. The second kappa shape index (κ2) is 5.42. The van der Waals surface area contributed by atoms with E-state index in [-0.39, 0.29) is 11.1 Å². The molecule has 0 aliphatic carbocycles. The number of hydrogen-bond acceptors (Lipinski definition) is 4. The molecule has 1 aliphatic rings. The summed E-state index contributed by atoms with van der Waals surface area (Å²) in [6.45, 7) is 2.66. The molecule has 0 fully saturated rings. The van der Waals surface area contributed by atoms with Crippen LogP contribution in [0.3, 0.4) is 0 Å². The van der Waals surface area contributed by atoms with Crippen molar-refractivity contribution in [1.29, 1.82) is 0 Å². The normalized spacial score (nSPS) is 15.1. The first-order valence-corrected chi connectivity index (χ1v) is 8.40. The van der Waals surface area contributed by atoms with Crippen LogP contribution in [0.2, 0.25) is 0 Å². The van der Waals surface area contributed by atoms with E-state index in [2.05, 4.69) is 30.1 Å². The van der Waals surface area contributed by atoms with Crippen LogP contribution in [-0.4, -0.2) is 20.6 Å². The molecule has 0 saturated heterocycles. The van der Waals surface area contributed by atoms with Gasteiger partial charge in [0.25, 0.3) is 5.56 Å². The first kappa shape index (κ1) is 14.8. The summed E-state index contributed by atoms with van der Waals surface area (Å²) in [5.74, 6) is -0.384. The Bertz CT molecular complexity index is 1080. The van der Waals surface area contributed by atoms with E-state index in [1.54, 1.807) is 22.0 Å². The third kappa shape index (κ3) is 2.35. The summed E-state index contributed by atoms with van der Waals surface area (Å²) >= 11 is 1.69. The van der Waals surface area contributed by atoms with E-state index in [1.807, 2.05) is 0 Å². The fraction of sp³-hybridized carbons (Fsp3) is 0.167. The highest BCUT2D eigenvalue weighted by atomic mass is 32.1. The van der Waals surface area contributed by atoms with Crippen molar-refractivity contribution < 1.29 is 9.90 Å². The van der Waals surface area contributed by atoms with Gasteiger partial charge in [-0.3, -0.25) is 9.36 Å². The van der Waals surface area contributed by atoms with E-state index in [0.717, 1.165) is 16.9 Å². The number of nitrogens with zero attached hydrogens (tertiary/aromatic N) is 2. The lowest BCUT2D eigenvalue weighted by atomic mass is 10.1. The fourth-order valence-electron chi connectivity index (χ4n) is 2.99. The van der Waals surface area contributed by atoms with Gasteiger partial charge in [0, 0.05) is 16.3 Å². The van der Waals surface area contributed by atoms with Crippen LogP contribution in [0.15, 0.2) is 35.1 Å². The highest BCUT2D eigenvalue weighted by Crippen LogP contribution is 2.29. The molecule has 0 bridgehead atoms. The van der Waals surface area contributed by atoms with Gasteiger partial charge in [-0.05, 0) is 55.3 Å². The zero-order valence-electron chi connectivity index (χ0n) is 12.9. The van der Waals surface area contributed by atoms with Crippen LogP contribution in [0.25, 0.3) is 22.6 Å². The summed E-state index contributed by atoms with van der Waals surface area (Å²) in [5, 5.41) is 9.59. The summed E-state index contributed by atoms with van der Waals surface area (Å²) in [4.78, 5) is 30.7. The van der Waals surface area contributed by atoms with Crippen LogP contribution in [0, 0.1) is 6.92 Å². The lowest BCUT2D eigenvalue weighted by Gasteiger charge is -2.06. The van der Waals surface area contributed by atoms with Crippen LogP contribution in [0.4, 0.5) is 0 Å². The Morgan fingerprint density at radius 2 is 2.17 bits per heavy atom. The number of fused-ring (bicyclic) bond motifs is 2. The maximum atomic E-state index is 12.7. The Balaban J connectivity index is 1.91. The largest absolute Gasteiger partial charge is 0.478 e. The lowest BCUT2D eigenvalue weighted by Crippen LogP contribution is -2.20. The fourth-order valence-corrected chi connectivity index (χ4v) is 3.84. The van der Waals surface area contributed by atoms with Crippen molar-refractivity contribution in [2.45, 2.75) is 19.9 Å². The van der Waals surface area contributed by atoms with Gasteiger partial charge >= 0.3 is 5.97 Å². The molecule has 4 rings (SSSR count). The number of hydrogen-bond donors (Lipinski definition) is 1. The van der Waals surface area contributed by atoms with Crippen molar-refractivity contribution >= 4 is 39.9 Å². The zero-order chi connectivity index (χ0) is 16.8. The molecule has 0 unspecified atom stereocenters. The van der Waals surface area contributed by atoms with Crippen molar-refractivity contribution in [3.8, 4) is 0 Å². The molecule has 6 heteroatoms. The molecule has 24 heavy (non-hydrogen) atoms. The number of benzene rings is 1. The SMILES string of the molecule is Cc1ccc(/C=C2\CCn3c2nc2cc(C(=O)O)ccc2c3=O)s1.